The molecule has 55 heavy (non-hydrogen) atoms. The second-order valence-corrected chi connectivity index (χ2v) is 14.3. The molecule has 0 radical (unpaired) electrons. The van der Waals surface area contributed by atoms with Crippen LogP contribution in [-0.4, -0.2) is 9.55 Å². The molecule has 9 aromatic carbocycles. The minimum atomic E-state index is 0.975. The largest absolute Gasteiger partial charge is 0.309 e. The molecule has 0 N–H and O–H groups in total. The van der Waals surface area contributed by atoms with E-state index in [0.29, 0.717) is 0 Å². The zero-order valence-corrected chi connectivity index (χ0v) is 30.0. The van der Waals surface area contributed by atoms with Gasteiger partial charge in [-0.3, -0.25) is 4.98 Å². The summed E-state index contributed by atoms with van der Waals surface area (Å²) in [6, 6.07) is 72.4. The van der Waals surface area contributed by atoms with Gasteiger partial charge in [0.05, 0.1) is 16.7 Å². The number of pyridine rings is 1. The topological polar surface area (TPSA) is 17.8 Å². The SMILES string of the molecule is c1ccc(-c2c3ccccc3c(-c3ccc(-c4ccc(-c5ccc6c(c5)c5cc7ccccc7cc5n6-c5ccccc5)cc4)cn3)c3ccccc23)cc1. The van der Waals surface area contributed by atoms with Crippen LogP contribution in [0.1, 0.15) is 0 Å². The molecule has 2 heterocycles. The van der Waals surface area contributed by atoms with E-state index in [4.69, 9.17) is 4.98 Å². The molecule has 2 aromatic heterocycles. The summed E-state index contributed by atoms with van der Waals surface area (Å²) in [5, 5.41) is 9.90. The maximum absolute atomic E-state index is 5.12. The molecule has 0 amide bonds. The van der Waals surface area contributed by atoms with E-state index >= 15 is 0 Å². The molecule has 256 valence electrons. The second kappa shape index (κ2) is 12.7. The van der Waals surface area contributed by atoms with Crippen LogP contribution in [0.5, 0.6) is 0 Å². The van der Waals surface area contributed by atoms with Gasteiger partial charge in [-0.2, -0.15) is 0 Å². The minimum absolute atomic E-state index is 0.975. The van der Waals surface area contributed by atoms with Crippen molar-refractivity contribution >= 4 is 54.1 Å². The zero-order chi connectivity index (χ0) is 36.3. The first-order chi connectivity index (χ1) is 27.3. The first kappa shape index (κ1) is 31.3. The monoisotopic (exact) mass is 698 g/mol. The average molecular weight is 699 g/mol. The van der Waals surface area contributed by atoms with Gasteiger partial charge in [-0.25, -0.2) is 0 Å². The molecule has 0 saturated heterocycles. The molecular formula is C53H34N2. The van der Waals surface area contributed by atoms with E-state index in [-0.39, 0.29) is 0 Å². The third kappa shape index (κ3) is 5.15. The van der Waals surface area contributed by atoms with Gasteiger partial charge in [0, 0.05) is 33.8 Å². The van der Waals surface area contributed by atoms with Gasteiger partial charge in [-0.05, 0) is 103 Å². The second-order valence-electron chi connectivity index (χ2n) is 14.3. The fourth-order valence-corrected chi connectivity index (χ4v) is 8.63. The Bertz CT molecular complexity index is 3160. The van der Waals surface area contributed by atoms with Crippen LogP contribution in [-0.2, 0) is 0 Å². The molecule has 0 saturated carbocycles. The van der Waals surface area contributed by atoms with Gasteiger partial charge >= 0.3 is 0 Å². The molecule has 0 spiro atoms. The maximum atomic E-state index is 5.12. The number of para-hydroxylation sites is 1. The van der Waals surface area contributed by atoms with Crippen LogP contribution < -0.4 is 0 Å². The van der Waals surface area contributed by atoms with E-state index in [1.807, 2.05) is 6.20 Å². The molecule has 0 aliphatic carbocycles. The Morgan fingerprint density at radius 2 is 0.818 bits per heavy atom. The molecule has 0 bridgehead atoms. The summed E-state index contributed by atoms with van der Waals surface area (Å²) >= 11 is 0. The Labute approximate surface area is 319 Å². The summed E-state index contributed by atoms with van der Waals surface area (Å²) in [6.45, 7) is 0. The summed E-state index contributed by atoms with van der Waals surface area (Å²) < 4.78 is 2.39. The summed E-state index contributed by atoms with van der Waals surface area (Å²) in [6.07, 6.45) is 2.02. The number of benzene rings is 9. The quantitative estimate of drug-likeness (QED) is 0.164. The first-order valence-corrected chi connectivity index (χ1v) is 18.9. The fourth-order valence-electron chi connectivity index (χ4n) is 8.63. The lowest BCUT2D eigenvalue weighted by Gasteiger charge is -2.17. The van der Waals surface area contributed by atoms with Crippen LogP contribution >= 0.6 is 0 Å². The van der Waals surface area contributed by atoms with Crippen molar-refractivity contribution < 1.29 is 0 Å². The number of fused-ring (bicyclic) bond motifs is 6. The molecule has 0 aliphatic rings. The molecule has 2 nitrogen and oxygen atoms in total. The normalized spacial score (nSPS) is 11.6. The third-order valence-electron chi connectivity index (χ3n) is 11.2. The lowest BCUT2D eigenvalue weighted by Crippen LogP contribution is -1.93. The summed E-state index contributed by atoms with van der Waals surface area (Å²) in [4.78, 5) is 5.12. The van der Waals surface area contributed by atoms with Gasteiger partial charge < -0.3 is 4.57 Å². The molecule has 0 aliphatic heterocycles. The van der Waals surface area contributed by atoms with Crippen molar-refractivity contribution in [3.8, 4) is 50.3 Å². The maximum Gasteiger partial charge on any atom is 0.0714 e. The van der Waals surface area contributed by atoms with Crippen molar-refractivity contribution in [3.05, 3.63) is 206 Å². The van der Waals surface area contributed by atoms with Gasteiger partial charge in [-0.1, -0.05) is 158 Å². The zero-order valence-electron chi connectivity index (χ0n) is 30.0. The highest BCUT2D eigenvalue weighted by molar-refractivity contribution is 6.21. The summed E-state index contributed by atoms with van der Waals surface area (Å²) in [5.41, 5.74) is 12.9. The van der Waals surface area contributed by atoms with E-state index in [0.717, 1.165) is 16.8 Å². The van der Waals surface area contributed by atoms with E-state index in [2.05, 4.69) is 205 Å². The Morgan fingerprint density at radius 3 is 1.45 bits per heavy atom. The van der Waals surface area contributed by atoms with Crippen LogP contribution in [0, 0.1) is 0 Å². The lowest BCUT2D eigenvalue weighted by atomic mass is 9.87. The lowest BCUT2D eigenvalue weighted by molar-refractivity contribution is 1.18. The van der Waals surface area contributed by atoms with Crippen LogP contribution in [0.3, 0.4) is 0 Å². The number of hydrogen-bond acceptors (Lipinski definition) is 1. The minimum Gasteiger partial charge on any atom is -0.309 e. The Kier molecular flexibility index (Phi) is 7.21. The van der Waals surface area contributed by atoms with Crippen LogP contribution in [0.25, 0.3) is 104 Å². The highest BCUT2D eigenvalue weighted by atomic mass is 15.0. The highest BCUT2D eigenvalue weighted by Gasteiger charge is 2.18. The number of hydrogen-bond donors (Lipinski definition) is 0. The summed E-state index contributed by atoms with van der Waals surface area (Å²) in [5.74, 6) is 0. The number of rotatable bonds is 5. The van der Waals surface area contributed by atoms with Gasteiger partial charge in [0.25, 0.3) is 0 Å². The van der Waals surface area contributed by atoms with Crippen molar-refractivity contribution in [3.63, 3.8) is 0 Å². The van der Waals surface area contributed by atoms with Gasteiger partial charge in [0.15, 0.2) is 0 Å². The highest BCUT2D eigenvalue weighted by Crippen LogP contribution is 2.43. The van der Waals surface area contributed by atoms with E-state index in [9.17, 15) is 0 Å². The summed E-state index contributed by atoms with van der Waals surface area (Å²) in [7, 11) is 0. The van der Waals surface area contributed by atoms with Crippen molar-refractivity contribution in [2.75, 3.05) is 0 Å². The number of nitrogens with zero attached hydrogens (tertiary/aromatic N) is 2. The number of aromatic nitrogens is 2. The first-order valence-electron chi connectivity index (χ1n) is 18.9. The van der Waals surface area contributed by atoms with E-state index in [1.54, 1.807) is 0 Å². The molecule has 11 aromatic rings. The molecule has 11 rings (SSSR count). The average Bonchev–Trinajstić information content (AvgIpc) is 3.57. The van der Waals surface area contributed by atoms with Gasteiger partial charge in [-0.15, -0.1) is 0 Å². The van der Waals surface area contributed by atoms with Crippen LogP contribution in [0.4, 0.5) is 0 Å². The molecule has 0 atom stereocenters. The van der Waals surface area contributed by atoms with E-state index < -0.39 is 0 Å². The Hall–Kier alpha value is -7.29. The van der Waals surface area contributed by atoms with E-state index in [1.165, 1.54) is 87.6 Å². The molecule has 0 fully saturated rings. The van der Waals surface area contributed by atoms with Gasteiger partial charge in [0.2, 0.25) is 0 Å². The van der Waals surface area contributed by atoms with Crippen molar-refractivity contribution in [1.82, 2.24) is 9.55 Å². The fraction of sp³-hybridized carbons (Fsp3) is 0. The Morgan fingerprint density at radius 1 is 0.309 bits per heavy atom. The predicted molar refractivity (Wildman–Crippen MR) is 233 cm³/mol. The smallest absolute Gasteiger partial charge is 0.0714 e. The standard InChI is InChI=1S/C53H34N2/c1-3-13-37(14-4-1)52-43-19-9-11-21-45(43)53(46-22-12-10-20-44(46)52)49-29-27-41(34-54-49)36-25-23-35(24-26-36)40-28-30-50-47(32-40)48-31-38-15-7-8-16-39(38)33-51(48)55(50)42-17-5-2-6-18-42/h1-34H. The predicted octanol–water partition coefficient (Wildman–Crippen LogP) is 14.3. The molecule has 2 heteroatoms. The Balaban J connectivity index is 0.973. The van der Waals surface area contributed by atoms with Crippen molar-refractivity contribution in [1.29, 1.82) is 0 Å². The van der Waals surface area contributed by atoms with Crippen molar-refractivity contribution in [2.45, 2.75) is 0 Å². The van der Waals surface area contributed by atoms with Crippen molar-refractivity contribution in [2.24, 2.45) is 0 Å². The van der Waals surface area contributed by atoms with Gasteiger partial charge in [0.1, 0.15) is 0 Å². The van der Waals surface area contributed by atoms with Crippen LogP contribution in [0.15, 0.2) is 206 Å². The van der Waals surface area contributed by atoms with Crippen LogP contribution in [0.2, 0.25) is 0 Å². The molecule has 0 unspecified atom stereocenters. The third-order valence-corrected chi connectivity index (χ3v) is 11.2. The molecular weight excluding hydrogens is 665 g/mol.